The summed E-state index contributed by atoms with van der Waals surface area (Å²) < 4.78 is 12.7. The average Bonchev–Trinajstić information content (AvgIpc) is 2.07. The van der Waals surface area contributed by atoms with Crippen molar-refractivity contribution in [2.75, 3.05) is 0 Å². The first-order valence-electron chi connectivity index (χ1n) is 3.08. The van der Waals surface area contributed by atoms with Crippen molar-refractivity contribution in [1.82, 2.24) is 0 Å². The Bertz CT molecular complexity index is 266. The molecule has 1 aromatic rings. The van der Waals surface area contributed by atoms with Crippen LogP contribution in [-0.2, 0) is 0 Å². The first kappa shape index (κ1) is 7.57. The van der Waals surface area contributed by atoms with E-state index in [-0.39, 0.29) is 0 Å². The van der Waals surface area contributed by atoms with Crippen LogP contribution in [0, 0.1) is 0 Å². The predicted molar refractivity (Wildman–Crippen MR) is 39.4 cm³/mol. The molecule has 3 nitrogen and oxygen atoms in total. The molecule has 0 spiro atoms. The zero-order valence-corrected chi connectivity index (χ0v) is 5.68. The molecule has 0 saturated carbocycles. The Balaban J connectivity index is 2.84. The predicted octanol–water partition coefficient (Wildman–Crippen LogP) is 2.97. The molecule has 0 N–H and O–H groups in total. The molecule has 0 aromatic heterocycles. The molecule has 1 unspecified atom stereocenters. The molecule has 1 rings (SSSR count). The Hall–Kier alpha value is -1.54. The lowest BCUT2D eigenvalue weighted by Gasteiger charge is -1.98. The highest BCUT2D eigenvalue weighted by atomic mass is 19.1. The SMILES string of the molecule is [N-]=[N+]=NC(F)c1ccccc1. The zero-order valence-electron chi connectivity index (χ0n) is 5.68. The molecule has 0 amide bonds. The third-order valence-electron chi connectivity index (χ3n) is 1.23. The standard InChI is InChI=1S/C7H6FN3/c8-7(10-11-9)6-4-2-1-3-5-6/h1-5,7H. The Morgan fingerprint density at radius 3 is 2.55 bits per heavy atom. The number of halogens is 1. The van der Waals surface area contributed by atoms with Gasteiger partial charge in [0.1, 0.15) is 0 Å². The molecule has 0 bridgehead atoms. The molecule has 0 heterocycles. The van der Waals surface area contributed by atoms with E-state index in [1.54, 1.807) is 30.3 Å². The smallest absolute Gasteiger partial charge is 0.204 e. The topological polar surface area (TPSA) is 48.8 Å². The van der Waals surface area contributed by atoms with Crippen molar-refractivity contribution in [2.24, 2.45) is 5.11 Å². The summed E-state index contributed by atoms with van der Waals surface area (Å²) in [7, 11) is 0. The Morgan fingerprint density at radius 1 is 1.36 bits per heavy atom. The van der Waals surface area contributed by atoms with Gasteiger partial charge in [0.2, 0.25) is 6.30 Å². The van der Waals surface area contributed by atoms with E-state index in [0.717, 1.165) is 0 Å². The Morgan fingerprint density at radius 2 is 2.00 bits per heavy atom. The maximum atomic E-state index is 12.7. The van der Waals surface area contributed by atoms with E-state index in [0.29, 0.717) is 5.56 Å². The molecular formula is C7H6FN3. The number of hydrogen-bond donors (Lipinski definition) is 0. The maximum Gasteiger partial charge on any atom is 0.204 e. The first-order chi connectivity index (χ1) is 5.34. The van der Waals surface area contributed by atoms with Crippen LogP contribution in [0.25, 0.3) is 10.4 Å². The van der Waals surface area contributed by atoms with Crippen molar-refractivity contribution >= 4 is 0 Å². The van der Waals surface area contributed by atoms with Crippen molar-refractivity contribution in [3.05, 3.63) is 46.3 Å². The van der Waals surface area contributed by atoms with Gasteiger partial charge in [0, 0.05) is 4.91 Å². The van der Waals surface area contributed by atoms with E-state index in [1.165, 1.54) is 0 Å². The number of benzene rings is 1. The third-order valence-corrected chi connectivity index (χ3v) is 1.23. The van der Waals surface area contributed by atoms with Crippen LogP contribution in [0.5, 0.6) is 0 Å². The largest absolute Gasteiger partial charge is 0.236 e. The van der Waals surface area contributed by atoms with Crippen LogP contribution in [0.1, 0.15) is 11.9 Å². The van der Waals surface area contributed by atoms with Gasteiger partial charge in [-0.3, -0.25) is 0 Å². The Kier molecular flexibility index (Phi) is 2.47. The molecule has 1 aromatic carbocycles. The summed E-state index contributed by atoms with van der Waals surface area (Å²) in [6.45, 7) is 0. The number of hydrogen-bond acceptors (Lipinski definition) is 1. The lowest BCUT2D eigenvalue weighted by molar-refractivity contribution is 0.355. The summed E-state index contributed by atoms with van der Waals surface area (Å²) in [5.74, 6) is 0. The van der Waals surface area contributed by atoms with E-state index in [4.69, 9.17) is 5.53 Å². The van der Waals surface area contributed by atoms with Crippen molar-refractivity contribution in [3.8, 4) is 0 Å². The molecule has 0 aliphatic carbocycles. The summed E-state index contributed by atoms with van der Waals surface area (Å²) in [6.07, 6.45) is -1.57. The van der Waals surface area contributed by atoms with Gasteiger partial charge >= 0.3 is 0 Å². The number of nitrogens with zero attached hydrogens (tertiary/aromatic N) is 3. The molecule has 11 heavy (non-hydrogen) atoms. The number of alkyl halides is 1. The Labute approximate surface area is 63.1 Å². The molecule has 0 saturated heterocycles. The van der Waals surface area contributed by atoms with Gasteiger partial charge in [-0.15, -0.1) is 0 Å². The van der Waals surface area contributed by atoms with Crippen LogP contribution in [0.15, 0.2) is 35.4 Å². The molecule has 0 aliphatic rings. The van der Waals surface area contributed by atoms with E-state index >= 15 is 0 Å². The van der Waals surface area contributed by atoms with Gasteiger partial charge in [0.25, 0.3) is 0 Å². The monoisotopic (exact) mass is 151 g/mol. The zero-order chi connectivity index (χ0) is 8.10. The van der Waals surface area contributed by atoms with Gasteiger partial charge in [-0.2, -0.15) is 0 Å². The minimum Gasteiger partial charge on any atom is -0.236 e. The molecule has 0 aliphatic heterocycles. The maximum absolute atomic E-state index is 12.7. The molecule has 4 heteroatoms. The normalized spacial score (nSPS) is 11.7. The van der Waals surface area contributed by atoms with Crippen molar-refractivity contribution in [2.45, 2.75) is 6.30 Å². The lowest BCUT2D eigenvalue weighted by atomic mass is 10.2. The fourth-order valence-corrected chi connectivity index (χ4v) is 0.724. The van der Waals surface area contributed by atoms with Crippen LogP contribution >= 0.6 is 0 Å². The molecule has 0 fully saturated rings. The molecule has 56 valence electrons. The second-order valence-electron chi connectivity index (χ2n) is 1.95. The van der Waals surface area contributed by atoms with Gasteiger partial charge in [0.05, 0.1) is 0 Å². The van der Waals surface area contributed by atoms with Crippen molar-refractivity contribution < 1.29 is 4.39 Å². The minimum atomic E-state index is -1.57. The minimum absolute atomic E-state index is 0.380. The van der Waals surface area contributed by atoms with Gasteiger partial charge in [-0.05, 0) is 11.1 Å². The summed E-state index contributed by atoms with van der Waals surface area (Å²) in [6, 6.07) is 8.29. The van der Waals surface area contributed by atoms with Gasteiger partial charge in [0.15, 0.2) is 0 Å². The summed E-state index contributed by atoms with van der Waals surface area (Å²) in [5.41, 5.74) is 8.30. The van der Waals surface area contributed by atoms with Crippen LogP contribution in [0.4, 0.5) is 4.39 Å². The lowest BCUT2D eigenvalue weighted by Crippen LogP contribution is -1.83. The quantitative estimate of drug-likeness (QED) is 0.270. The fourth-order valence-electron chi connectivity index (χ4n) is 0.724. The van der Waals surface area contributed by atoms with Crippen molar-refractivity contribution in [3.63, 3.8) is 0 Å². The van der Waals surface area contributed by atoms with Crippen LogP contribution in [0.3, 0.4) is 0 Å². The molecular weight excluding hydrogens is 145 g/mol. The third kappa shape index (κ3) is 1.95. The molecule has 0 radical (unpaired) electrons. The second kappa shape index (κ2) is 3.58. The van der Waals surface area contributed by atoms with Crippen LogP contribution < -0.4 is 0 Å². The van der Waals surface area contributed by atoms with Crippen LogP contribution in [-0.4, -0.2) is 0 Å². The van der Waals surface area contributed by atoms with E-state index in [2.05, 4.69) is 10.0 Å². The molecule has 1 atom stereocenters. The number of rotatable bonds is 2. The first-order valence-corrected chi connectivity index (χ1v) is 3.08. The van der Waals surface area contributed by atoms with Gasteiger partial charge in [-0.25, -0.2) is 4.39 Å². The highest BCUT2D eigenvalue weighted by molar-refractivity contribution is 5.16. The summed E-state index contributed by atoms with van der Waals surface area (Å²) in [4.78, 5) is 2.36. The van der Waals surface area contributed by atoms with Gasteiger partial charge < -0.3 is 0 Å². The van der Waals surface area contributed by atoms with E-state index < -0.39 is 6.30 Å². The highest BCUT2D eigenvalue weighted by Crippen LogP contribution is 2.17. The second-order valence-corrected chi connectivity index (χ2v) is 1.95. The highest BCUT2D eigenvalue weighted by Gasteiger charge is 2.03. The number of azide groups is 1. The average molecular weight is 151 g/mol. The fraction of sp³-hybridized carbons (Fsp3) is 0.143. The van der Waals surface area contributed by atoms with E-state index in [9.17, 15) is 4.39 Å². The van der Waals surface area contributed by atoms with Gasteiger partial charge in [-0.1, -0.05) is 35.4 Å². The van der Waals surface area contributed by atoms with Crippen LogP contribution in [0.2, 0.25) is 0 Å². The van der Waals surface area contributed by atoms with Crippen molar-refractivity contribution in [1.29, 1.82) is 0 Å². The van der Waals surface area contributed by atoms with E-state index in [1.807, 2.05) is 0 Å². The summed E-state index contributed by atoms with van der Waals surface area (Å²) in [5, 5.41) is 2.91. The summed E-state index contributed by atoms with van der Waals surface area (Å²) >= 11 is 0.